The van der Waals surface area contributed by atoms with Crippen molar-refractivity contribution in [2.24, 2.45) is 0 Å². The van der Waals surface area contributed by atoms with Crippen molar-refractivity contribution in [2.75, 3.05) is 0 Å². The topological polar surface area (TPSA) is 17.3 Å². The van der Waals surface area contributed by atoms with Gasteiger partial charge in [-0.05, 0) is 48.2 Å². The zero-order valence-corrected chi connectivity index (χ0v) is 12.6. The Morgan fingerprint density at radius 2 is 1.79 bits per heavy atom. The number of hydrogen-bond acceptors (Lipinski definition) is 1. The minimum absolute atomic E-state index is 0.153. The number of imidazole rings is 1. The van der Waals surface area contributed by atoms with Crippen LogP contribution in [0.25, 0.3) is 27.3 Å². The molecule has 4 rings (SSSR count). The number of pyridine rings is 1. The third-order valence-electron chi connectivity index (χ3n) is 4.42. The first kappa shape index (κ1) is 14.9. The van der Waals surface area contributed by atoms with Gasteiger partial charge in [0, 0.05) is 23.2 Å². The van der Waals surface area contributed by atoms with E-state index in [1.807, 2.05) is 0 Å². The van der Waals surface area contributed by atoms with Crippen molar-refractivity contribution in [2.45, 2.75) is 19.0 Å². The van der Waals surface area contributed by atoms with Crippen LogP contribution in [0, 0.1) is 5.82 Å². The molecule has 6 heteroatoms. The smallest absolute Gasteiger partial charge is 0.299 e. The van der Waals surface area contributed by atoms with Gasteiger partial charge in [-0.1, -0.05) is 6.07 Å². The number of nitrogens with zero attached hydrogens (tertiary/aromatic N) is 2. The molecular formula is C18H12F4N2. The lowest BCUT2D eigenvalue weighted by atomic mass is 9.96. The molecular weight excluding hydrogens is 320 g/mol. The van der Waals surface area contributed by atoms with Crippen LogP contribution in [0.2, 0.25) is 0 Å². The Morgan fingerprint density at radius 3 is 2.54 bits per heavy atom. The number of alkyl halides is 3. The van der Waals surface area contributed by atoms with Crippen molar-refractivity contribution in [1.29, 1.82) is 0 Å². The van der Waals surface area contributed by atoms with Gasteiger partial charge in [0.15, 0.2) is 0 Å². The summed E-state index contributed by atoms with van der Waals surface area (Å²) < 4.78 is 54.7. The molecule has 2 aromatic heterocycles. The second-order valence-corrected chi connectivity index (χ2v) is 5.85. The van der Waals surface area contributed by atoms with Crippen LogP contribution < -0.4 is 0 Å². The van der Waals surface area contributed by atoms with E-state index in [1.54, 1.807) is 28.9 Å². The van der Waals surface area contributed by atoms with Gasteiger partial charge in [-0.15, -0.1) is 0 Å². The number of fused-ring (bicyclic) bond motifs is 6. The first-order valence-corrected chi connectivity index (χ1v) is 7.41. The van der Waals surface area contributed by atoms with E-state index in [0.29, 0.717) is 27.3 Å². The van der Waals surface area contributed by atoms with Gasteiger partial charge in [0.2, 0.25) is 0 Å². The van der Waals surface area contributed by atoms with E-state index in [4.69, 9.17) is 0 Å². The highest BCUT2D eigenvalue weighted by atomic mass is 19.4. The van der Waals surface area contributed by atoms with E-state index in [1.165, 1.54) is 24.3 Å². The van der Waals surface area contributed by atoms with E-state index in [2.05, 4.69) is 4.98 Å². The molecule has 0 aliphatic carbocycles. The molecule has 0 saturated carbocycles. The van der Waals surface area contributed by atoms with Crippen molar-refractivity contribution in [3.05, 3.63) is 60.2 Å². The molecule has 2 aromatic carbocycles. The molecule has 1 unspecified atom stereocenters. The highest BCUT2D eigenvalue weighted by molar-refractivity contribution is 6.11. The Bertz CT molecular complexity index is 1080. The van der Waals surface area contributed by atoms with Gasteiger partial charge in [0.1, 0.15) is 11.5 Å². The minimum atomic E-state index is -4.33. The van der Waals surface area contributed by atoms with Crippen molar-refractivity contribution >= 4 is 27.3 Å². The molecule has 122 valence electrons. The third kappa shape index (κ3) is 2.13. The second-order valence-electron chi connectivity index (χ2n) is 5.85. The third-order valence-corrected chi connectivity index (χ3v) is 4.42. The summed E-state index contributed by atoms with van der Waals surface area (Å²) in [6, 6.07) is 8.86. The van der Waals surface area contributed by atoms with Crippen LogP contribution in [0.1, 0.15) is 18.4 Å². The molecule has 2 heterocycles. The van der Waals surface area contributed by atoms with E-state index in [0.717, 1.165) is 6.92 Å². The average Bonchev–Trinajstić information content (AvgIpc) is 3.02. The van der Waals surface area contributed by atoms with Gasteiger partial charge >= 0.3 is 6.18 Å². The lowest BCUT2D eigenvalue weighted by Gasteiger charge is -2.17. The Balaban J connectivity index is 2.14. The van der Waals surface area contributed by atoms with Gasteiger partial charge in [-0.25, -0.2) is 9.37 Å². The van der Waals surface area contributed by atoms with Crippen LogP contribution in [0.3, 0.4) is 0 Å². The van der Waals surface area contributed by atoms with Crippen molar-refractivity contribution in [1.82, 2.24) is 9.38 Å². The lowest BCUT2D eigenvalue weighted by Crippen LogP contribution is -2.17. The predicted octanol–water partition coefficient (Wildman–Crippen LogP) is 5.45. The summed E-state index contributed by atoms with van der Waals surface area (Å²) in [6.45, 7) is 1.12. The average molecular weight is 332 g/mol. The Hall–Kier alpha value is -2.63. The Kier molecular flexibility index (Phi) is 3.07. The van der Waals surface area contributed by atoms with Crippen LogP contribution in [0.5, 0.6) is 0 Å². The largest absolute Gasteiger partial charge is 0.395 e. The summed E-state index contributed by atoms with van der Waals surface area (Å²) in [6.07, 6.45) is -0.967. The summed E-state index contributed by atoms with van der Waals surface area (Å²) >= 11 is 0. The lowest BCUT2D eigenvalue weighted by molar-refractivity contribution is -0.146. The van der Waals surface area contributed by atoms with Crippen LogP contribution in [-0.2, 0) is 0 Å². The number of halogens is 4. The van der Waals surface area contributed by atoms with Gasteiger partial charge in [-0.3, -0.25) is 4.40 Å². The number of hydrogen-bond donors (Lipinski definition) is 0. The minimum Gasteiger partial charge on any atom is -0.299 e. The maximum Gasteiger partial charge on any atom is 0.395 e. The van der Waals surface area contributed by atoms with Gasteiger partial charge in [-0.2, -0.15) is 13.2 Å². The fourth-order valence-electron chi connectivity index (χ4n) is 3.07. The first-order chi connectivity index (χ1) is 11.4. The van der Waals surface area contributed by atoms with Gasteiger partial charge in [0.05, 0.1) is 11.4 Å². The molecule has 0 aliphatic rings. The Labute approximate surface area is 134 Å². The molecule has 0 N–H and O–H groups in total. The van der Waals surface area contributed by atoms with Crippen molar-refractivity contribution in [3.63, 3.8) is 0 Å². The number of aromatic nitrogens is 2. The monoisotopic (exact) mass is 332 g/mol. The van der Waals surface area contributed by atoms with Crippen LogP contribution >= 0.6 is 0 Å². The SMILES string of the molecule is CC(c1ccc2c(c1)c1cc(F)ccc1c1nccn21)C(F)(F)F. The normalized spacial score (nSPS) is 13.9. The van der Waals surface area contributed by atoms with Crippen molar-refractivity contribution in [3.8, 4) is 0 Å². The Morgan fingerprint density at radius 1 is 1.00 bits per heavy atom. The number of rotatable bonds is 1. The molecule has 2 nitrogen and oxygen atoms in total. The highest BCUT2D eigenvalue weighted by Crippen LogP contribution is 2.37. The van der Waals surface area contributed by atoms with E-state index in [9.17, 15) is 17.6 Å². The molecule has 0 radical (unpaired) electrons. The summed E-state index contributed by atoms with van der Waals surface area (Å²) in [4.78, 5) is 4.28. The first-order valence-electron chi connectivity index (χ1n) is 7.41. The second kappa shape index (κ2) is 4.93. The van der Waals surface area contributed by atoms with Crippen LogP contribution in [0.15, 0.2) is 48.8 Å². The van der Waals surface area contributed by atoms with Gasteiger partial charge < -0.3 is 0 Å². The molecule has 1 atom stereocenters. The number of benzene rings is 2. The molecule has 0 saturated heterocycles. The predicted molar refractivity (Wildman–Crippen MR) is 84.6 cm³/mol. The maximum absolute atomic E-state index is 13.7. The van der Waals surface area contributed by atoms with Crippen LogP contribution in [-0.4, -0.2) is 15.6 Å². The maximum atomic E-state index is 13.7. The quantitative estimate of drug-likeness (QED) is 0.335. The summed E-state index contributed by atoms with van der Waals surface area (Å²) in [7, 11) is 0. The molecule has 0 spiro atoms. The summed E-state index contributed by atoms with van der Waals surface area (Å²) in [5.41, 5.74) is 1.49. The zero-order chi connectivity index (χ0) is 17.1. The molecule has 0 amide bonds. The van der Waals surface area contributed by atoms with Crippen molar-refractivity contribution < 1.29 is 17.6 Å². The molecule has 0 fully saturated rings. The van der Waals surface area contributed by atoms with Gasteiger partial charge in [0.25, 0.3) is 0 Å². The van der Waals surface area contributed by atoms with E-state index >= 15 is 0 Å². The van der Waals surface area contributed by atoms with E-state index < -0.39 is 17.9 Å². The zero-order valence-electron chi connectivity index (χ0n) is 12.6. The standard InChI is InChI=1S/C18H12F4N2/c1-10(18(20,21)22)11-2-5-16-15(8-11)14-9-12(19)3-4-13(14)17-23-6-7-24(16)17/h2-10H,1H3. The molecule has 0 bridgehead atoms. The summed E-state index contributed by atoms with van der Waals surface area (Å²) in [5, 5.41) is 1.83. The molecule has 4 aromatic rings. The fraction of sp³-hybridized carbons (Fsp3) is 0.167. The van der Waals surface area contributed by atoms with E-state index in [-0.39, 0.29) is 5.56 Å². The summed E-state index contributed by atoms with van der Waals surface area (Å²) in [5.74, 6) is -2.03. The molecule has 0 aliphatic heterocycles. The fourth-order valence-corrected chi connectivity index (χ4v) is 3.07. The van der Waals surface area contributed by atoms with Crippen LogP contribution in [0.4, 0.5) is 17.6 Å². The molecule has 24 heavy (non-hydrogen) atoms. The highest BCUT2D eigenvalue weighted by Gasteiger charge is 2.37.